The predicted molar refractivity (Wildman–Crippen MR) is 70.8 cm³/mol. The number of amides is 1. The molecule has 1 aliphatic heterocycles. The second kappa shape index (κ2) is 4.85. The average Bonchev–Trinajstić information content (AvgIpc) is 2.47. The molecule has 0 spiro atoms. The lowest BCUT2D eigenvalue weighted by Gasteiger charge is -2.25. The fourth-order valence-corrected chi connectivity index (χ4v) is 2.22. The van der Waals surface area contributed by atoms with Crippen molar-refractivity contribution in [2.24, 2.45) is 0 Å². The summed E-state index contributed by atoms with van der Waals surface area (Å²) < 4.78 is 0. The van der Waals surface area contributed by atoms with Gasteiger partial charge in [-0.25, -0.2) is 5.06 Å². The van der Waals surface area contributed by atoms with Crippen LogP contribution in [0.15, 0.2) is 35.1 Å². The van der Waals surface area contributed by atoms with Gasteiger partial charge in [0.2, 0.25) is 0 Å². The summed E-state index contributed by atoms with van der Waals surface area (Å²) in [5.41, 5.74) is 0.0176. The number of nitrogens with zero attached hydrogens (tertiary/aromatic N) is 1. The molecule has 0 aliphatic carbocycles. The number of nitrogens with one attached hydrogen (secondary N) is 1. The Hall–Kier alpha value is -2.14. The zero-order valence-corrected chi connectivity index (χ0v) is 10.4. The van der Waals surface area contributed by atoms with Gasteiger partial charge in [-0.05, 0) is 30.4 Å². The molecule has 1 aromatic carbocycles. The Morgan fingerprint density at radius 2 is 2.11 bits per heavy atom. The van der Waals surface area contributed by atoms with Gasteiger partial charge in [-0.2, -0.15) is 0 Å². The molecule has 0 unspecified atom stereocenters. The van der Waals surface area contributed by atoms with Crippen LogP contribution in [-0.4, -0.2) is 29.1 Å². The molecule has 3 rings (SSSR count). The first-order valence-corrected chi connectivity index (χ1v) is 6.32. The zero-order valence-electron chi connectivity index (χ0n) is 10.4. The van der Waals surface area contributed by atoms with Gasteiger partial charge in [0, 0.05) is 11.9 Å². The fourth-order valence-electron chi connectivity index (χ4n) is 2.22. The van der Waals surface area contributed by atoms with Crippen molar-refractivity contribution < 1.29 is 9.63 Å². The van der Waals surface area contributed by atoms with Crippen molar-refractivity contribution in [1.29, 1.82) is 0 Å². The number of fused-ring (bicyclic) bond motifs is 1. The quantitative estimate of drug-likeness (QED) is 0.846. The van der Waals surface area contributed by atoms with E-state index in [1.807, 2.05) is 12.1 Å². The van der Waals surface area contributed by atoms with Crippen LogP contribution < -0.4 is 5.56 Å². The molecule has 1 saturated heterocycles. The smallest absolute Gasteiger partial charge is 0.293 e. The van der Waals surface area contributed by atoms with Crippen molar-refractivity contribution >= 4 is 16.7 Å². The highest BCUT2D eigenvalue weighted by molar-refractivity contribution is 5.95. The lowest BCUT2D eigenvalue weighted by molar-refractivity contribution is -0.144. The molecule has 5 nitrogen and oxygen atoms in total. The van der Waals surface area contributed by atoms with Crippen molar-refractivity contribution in [1.82, 2.24) is 10.0 Å². The standard InChI is InChI=1S/C14H14N2O3/c17-13-11-6-2-1-5-10(11)9-12(15-13)14(18)16-7-3-4-8-19-16/h1-2,5-6,9H,3-4,7-8H2,(H,15,17). The van der Waals surface area contributed by atoms with Crippen molar-refractivity contribution in [3.8, 4) is 0 Å². The third-order valence-corrected chi connectivity index (χ3v) is 3.21. The fraction of sp³-hybridized carbons (Fsp3) is 0.286. The minimum atomic E-state index is -0.289. The van der Waals surface area contributed by atoms with Crippen LogP contribution in [0.4, 0.5) is 0 Å². The predicted octanol–water partition coefficient (Wildman–Crippen LogP) is 1.70. The van der Waals surface area contributed by atoms with Crippen LogP contribution in [0.2, 0.25) is 0 Å². The maximum Gasteiger partial charge on any atom is 0.293 e. The minimum absolute atomic E-state index is 0.251. The van der Waals surface area contributed by atoms with Crippen LogP contribution in [0, 0.1) is 0 Å². The van der Waals surface area contributed by atoms with Crippen LogP contribution >= 0.6 is 0 Å². The number of carbonyl (C=O) groups excluding carboxylic acids is 1. The molecular formula is C14H14N2O3. The summed E-state index contributed by atoms with van der Waals surface area (Å²) in [7, 11) is 0. The molecule has 2 heterocycles. The molecule has 5 heteroatoms. The highest BCUT2D eigenvalue weighted by Crippen LogP contribution is 2.13. The molecule has 0 saturated carbocycles. The summed E-state index contributed by atoms with van der Waals surface area (Å²) in [6.45, 7) is 1.11. The molecule has 1 aromatic heterocycles. The lowest BCUT2D eigenvalue weighted by atomic mass is 10.1. The third-order valence-electron chi connectivity index (χ3n) is 3.21. The third kappa shape index (κ3) is 2.24. The number of rotatable bonds is 1. The molecule has 0 bridgehead atoms. The van der Waals surface area contributed by atoms with E-state index in [4.69, 9.17) is 4.84 Å². The number of benzene rings is 1. The van der Waals surface area contributed by atoms with Crippen LogP contribution in [-0.2, 0) is 4.84 Å². The summed E-state index contributed by atoms with van der Waals surface area (Å²) in [6.07, 6.45) is 1.88. The zero-order chi connectivity index (χ0) is 13.2. The molecule has 19 heavy (non-hydrogen) atoms. The molecule has 1 N–H and O–H groups in total. The molecule has 2 aromatic rings. The maximum absolute atomic E-state index is 12.2. The summed E-state index contributed by atoms with van der Waals surface area (Å²) >= 11 is 0. The Balaban J connectivity index is 2.00. The van der Waals surface area contributed by atoms with Crippen LogP contribution in [0.5, 0.6) is 0 Å². The van der Waals surface area contributed by atoms with Crippen LogP contribution in [0.3, 0.4) is 0 Å². The molecule has 1 amide bonds. The van der Waals surface area contributed by atoms with E-state index in [0.717, 1.165) is 18.2 Å². The maximum atomic E-state index is 12.2. The molecule has 0 radical (unpaired) electrons. The number of aromatic amines is 1. The van der Waals surface area contributed by atoms with E-state index in [2.05, 4.69) is 4.98 Å². The molecule has 98 valence electrons. The Morgan fingerprint density at radius 1 is 1.26 bits per heavy atom. The average molecular weight is 258 g/mol. The Labute approximate surface area is 109 Å². The summed E-state index contributed by atoms with van der Waals surface area (Å²) in [5, 5.41) is 2.66. The topological polar surface area (TPSA) is 62.4 Å². The van der Waals surface area contributed by atoms with Gasteiger partial charge in [0.1, 0.15) is 5.69 Å². The van der Waals surface area contributed by atoms with E-state index in [9.17, 15) is 9.59 Å². The highest BCUT2D eigenvalue weighted by atomic mass is 16.7. The largest absolute Gasteiger partial charge is 0.317 e. The first kappa shape index (κ1) is 11.9. The first-order valence-electron chi connectivity index (χ1n) is 6.32. The normalized spacial score (nSPS) is 15.7. The van der Waals surface area contributed by atoms with Gasteiger partial charge in [0.25, 0.3) is 11.5 Å². The molecule has 0 atom stereocenters. The number of H-pyrrole nitrogens is 1. The second-order valence-corrected chi connectivity index (χ2v) is 4.55. The van der Waals surface area contributed by atoms with Crippen molar-refractivity contribution in [3.63, 3.8) is 0 Å². The summed E-state index contributed by atoms with van der Waals surface area (Å²) in [5.74, 6) is -0.289. The Bertz CT molecular complexity index is 672. The monoisotopic (exact) mass is 258 g/mol. The van der Waals surface area contributed by atoms with Gasteiger partial charge < -0.3 is 4.98 Å². The van der Waals surface area contributed by atoms with Crippen LogP contribution in [0.25, 0.3) is 10.8 Å². The van der Waals surface area contributed by atoms with Gasteiger partial charge in [0.15, 0.2) is 0 Å². The van der Waals surface area contributed by atoms with Gasteiger partial charge in [0.05, 0.1) is 6.61 Å². The van der Waals surface area contributed by atoms with Crippen molar-refractivity contribution in [2.75, 3.05) is 13.2 Å². The second-order valence-electron chi connectivity index (χ2n) is 4.55. The SMILES string of the molecule is O=C(c1cc2ccccc2c(=O)[nH]1)N1CCCCO1. The number of aromatic nitrogens is 1. The summed E-state index contributed by atoms with van der Waals surface area (Å²) in [4.78, 5) is 32.1. The van der Waals surface area contributed by atoms with Gasteiger partial charge in [-0.1, -0.05) is 18.2 Å². The van der Waals surface area contributed by atoms with E-state index in [-0.39, 0.29) is 17.2 Å². The molecule has 1 fully saturated rings. The first-order chi connectivity index (χ1) is 9.25. The van der Waals surface area contributed by atoms with Gasteiger partial charge in [-0.3, -0.25) is 14.4 Å². The van der Waals surface area contributed by atoms with Crippen molar-refractivity contribution in [2.45, 2.75) is 12.8 Å². The minimum Gasteiger partial charge on any atom is -0.317 e. The van der Waals surface area contributed by atoms with E-state index in [0.29, 0.717) is 18.5 Å². The molecular weight excluding hydrogens is 244 g/mol. The van der Waals surface area contributed by atoms with E-state index < -0.39 is 0 Å². The molecule has 1 aliphatic rings. The summed E-state index contributed by atoms with van der Waals surface area (Å²) in [6, 6.07) is 8.88. The number of hydroxylamine groups is 2. The van der Waals surface area contributed by atoms with Crippen LogP contribution in [0.1, 0.15) is 23.3 Å². The Kier molecular flexibility index (Phi) is 3.05. The lowest BCUT2D eigenvalue weighted by Crippen LogP contribution is -2.36. The number of hydrogen-bond acceptors (Lipinski definition) is 3. The van der Waals surface area contributed by atoms with Crippen molar-refractivity contribution in [3.05, 3.63) is 46.4 Å². The number of pyridine rings is 1. The van der Waals surface area contributed by atoms with Gasteiger partial charge in [-0.15, -0.1) is 0 Å². The number of hydrogen-bond donors (Lipinski definition) is 1. The van der Waals surface area contributed by atoms with Gasteiger partial charge >= 0.3 is 0 Å². The number of carbonyl (C=O) groups is 1. The van der Waals surface area contributed by atoms with E-state index in [1.165, 1.54) is 5.06 Å². The van der Waals surface area contributed by atoms with E-state index >= 15 is 0 Å². The highest BCUT2D eigenvalue weighted by Gasteiger charge is 2.20. The van der Waals surface area contributed by atoms with E-state index in [1.54, 1.807) is 18.2 Å². The Morgan fingerprint density at radius 3 is 2.89 bits per heavy atom.